The molecule has 2 aliphatic heterocycles. The van der Waals surface area contributed by atoms with E-state index >= 15 is 0 Å². The first-order valence-electron chi connectivity index (χ1n) is 7.81. The van der Waals surface area contributed by atoms with Gasteiger partial charge in [-0.25, -0.2) is 8.42 Å². The average molecular weight is 308 g/mol. The molecule has 2 N–H and O–H groups in total. The second-order valence-corrected chi connectivity index (χ2v) is 8.39. The minimum Gasteiger partial charge on any atom is -0.328 e. The fourth-order valence-electron chi connectivity index (χ4n) is 3.89. The smallest absolute Gasteiger partial charge is 0.178 e. The number of likely N-dealkylation sites (tertiary alicyclic amines) is 1. The van der Waals surface area contributed by atoms with Gasteiger partial charge in [-0.3, -0.25) is 4.90 Å². The van der Waals surface area contributed by atoms with E-state index in [-0.39, 0.29) is 11.3 Å². The third kappa shape index (κ3) is 2.31. The summed E-state index contributed by atoms with van der Waals surface area (Å²) in [5.41, 5.74) is 6.78. The van der Waals surface area contributed by atoms with E-state index in [0.717, 1.165) is 18.7 Å². The van der Waals surface area contributed by atoms with Crippen LogP contribution in [0.5, 0.6) is 0 Å². The summed E-state index contributed by atoms with van der Waals surface area (Å²) in [6.45, 7) is 4.75. The number of nitrogens with two attached hydrogens (primary N) is 1. The first-order chi connectivity index (χ1) is 10.0. The summed E-state index contributed by atoms with van der Waals surface area (Å²) in [5, 5.41) is 0. The highest BCUT2D eigenvalue weighted by Gasteiger charge is 2.46. The summed E-state index contributed by atoms with van der Waals surface area (Å²) < 4.78 is 24.7. The lowest BCUT2D eigenvalue weighted by atomic mass is 9.85. The minimum atomic E-state index is -3.15. The van der Waals surface area contributed by atoms with E-state index in [1.54, 1.807) is 6.07 Å². The van der Waals surface area contributed by atoms with Crippen LogP contribution in [0.2, 0.25) is 0 Å². The second-order valence-electron chi connectivity index (χ2n) is 6.31. The highest BCUT2D eigenvalue weighted by Crippen LogP contribution is 2.43. The molecule has 0 bridgehead atoms. The van der Waals surface area contributed by atoms with Crippen molar-refractivity contribution in [3.05, 3.63) is 29.8 Å². The summed E-state index contributed by atoms with van der Waals surface area (Å²) >= 11 is 0. The van der Waals surface area contributed by atoms with Gasteiger partial charge in [0.2, 0.25) is 0 Å². The fourth-order valence-corrected chi connectivity index (χ4v) is 5.60. The van der Waals surface area contributed by atoms with E-state index in [9.17, 15) is 8.42 Å². The monoisotopic (exact) mass is 308 g/mol. The number of fused-ring (bicyclic) bond motifs is 1. The molecular formula is C16H24N2O2S. The molecule has 2 aliphatic rings. The molecule has 1 saturated heterocycles. The molecule has 0 saturated carbocycles. The van der Waals surface area contributed by atoms with Gasteiger partial charge >= 0.3 is 0 Å². The Morgan fingerprint density at radius 3 is 2.81 bits per heavy atom. The summed E-state index contributed by atoms with van der Waals surface area (Å²) in [4.78, 5) is 2.93. The van der Waals surface area contributed by atoms with E-state index < -0.39 is 9.84 Å². The van der Waals surface area contributed by atoms with Crippen molar-refractivity contribution < 1.29 is 8.42 Å². The topological polar surface area (TPSA) is 63.4 Å². The zero-order valence-electron chi connectivity index (χ0n) is 12.6. The Hall–Kier alpha value is -0.910. The SMILES string of the molecule is CCC1CCN(C2(CN)CCS(=O)(=O)c3ccccc32)C1. The van der Waals surface area contributed by atoms with Crippen molar-refractivity contribution in [2.45, 2.75) is 36.6 Å². The molecule has 1 fully saturated rings. The largest absolute Gasteiger partial charge is 0.328 e. The Balaban J connectivity index is 2.08. The molecular weight excluding hydrogens is 284 g/mol. The van der Waals surface area contributed by atoms with Crippen molar-refractivity contribution in [3.8, 4) is 0 Å². The van der Waals surface area contributed by atoms with Crippen molar-refractivity contribution in [1.82, 2.24) is 4.90 Å². The Bertz CT molecular complexity index is 629. The fraction of sp³-hybridized carbons (Fsp3) is 0.625. The van der Waals surface area contributed by atoms with Crippen LogP contribution in [0.1, 0.15) is 31.7 Å². The third-order valence-corrected chi connectivity index (χ3v) is 7.08. The number of rotatable bonds is 3. The van der Waals surface area contributed by atoms with Gasteiger partial charge < -0.3 is 5.73 Å². The Labute approximate surface area is 127 Å². The van der Waals surface area contributed by atoms with Gasteiger partial charge in [0, 0.05) is 13.1 Å². The highest BCUT2D eigenvalue weighted by atomic mass is 32.2. The molecule has 0 radical (unpaired) electrons. The average Bonchev–Trinajstić information content (AvgIpc) is 2.98. The third-order valence-electron chi connectivity index (χ3n) is 5.31. The van der Waals surface area contributed by atoms with Gasteiger partial charge in [0.15, 0.2) is 9.84 Å². The molecule has 1 aromatic carbocycles. The molecule has 0 spiro atoms. The van der Waals surface area contributed by atoms with E-state index in [2.05, 4.69) is 11.8 Å². The van der Waals surface area contributed by atoms with E-state index in [0.29, 0.717) is 23.8 Å². The zero-order chi connectivity index (χ0) is 15.1. The van der Waals surface area contributed by atoms with Crippen LogP contribution in [0.25, 0.3) is 0 Å². The number of nitrogens with zero attached hydrogens (tertiary/aromatic N) is 1. The first kappa shape index (κ1) is 15.0. The van der Waals surface area contributed by atoms with Gasteiger partial charge in [-0.15, -0.1) is 0 Å². The van der Waals surface area contributed by atoms with Crippen LogP contribution in [-0.4, -0.2) is 38.7 Å². The van der Waals surface area contributed by atoms with Crippen molar-refractivity contribution >= 4 is 9.84 Å². The van der Waals surface area contributed by atoms with Crippen LogP contribution in [0, 0.1) is 5.92 Å². The molecule has 2 unspecified atom stereocenters. The van der Waals surface area contributed by atoms with Gasteiger partial charge in [0.1, 0.15) is 0 Å². The van der Waals surface area contributed by atoms with E-state index in [4.69, 9.17) is 5.73 Å². The molecule has 3 rings (SSSR count). The quantitative estimate of drug-likeness (QED) is 0.924. The first-order valence-corrected chi connectivity index (χ1v) is 9.46. The Morgan fingerprint density at radius 1 is 1.38 bits per heavy atom. The van der Waals surface area contributed by atoms with E-state index in [1.807, 2.05) is 18.2 Å². The van der Waals surface area contributed by atoms with Gasteiger partial charge in [-0.2, -0.15) is 0 Å². The van der Waals surface area contributed by atoms with Gasteiger partial charge in [-0.1, -0.05) is 31.5 Å². The normalized spacial score (nSPS) is 32.0. The van der Waals surface area contributed by atoms with Crippen molar-refractivity contribution in [1.29, 1.82) is 0 Å². The molecule has 2 atom stereocenters. The maximum absolute atomic E-state index is 12.4. The van der Waals surface area contributed by atoms with Crippen LogP contribution in [0.15, 0.2) is 29.2 Å². The molecule has 0 amide bonds. The Morgan fingerprint density at radius 2 is 2.14 bits per heavy atom. The maximum Gasteiger partial charge on any atom is 0.178 e. The number of sulfone groups is 1. The van der Waals surface area contributed by atoms with Crippen LogP contribution >= 0.6 is 0 Å². The van der Waals surface area contributed by atoms with Gasteiger partial charge in [0.25, 0.3) is 0 Å². The minimum absolute atomic E-state index is 0.203. The molecule has 5 heteroatoms. The van der Waals surface area contributed by atoms with Crippen molar-refractivity contribution in [2.24, 2.45) is 11.7 Å². The zero-order valence-corrected chi connectivity index (χ0v) is 13.4. The molecule has 2 heterocycles. The predicted octanol–water partition coefficient (Wildman–Crippen LogP) is 1.75. The lowest BCUT2D eigenvalue weighted by Gasteiger charge is -2.45. The number of hydrogen-bond acceptors (Lipinski definition) is 4. The molecule has 21 heavy (non-hydrogen) atoms. The summed E-state index contributed by atoms with van der Waals surface area (Å²) in [6.07, 6.45) is 2.98. The van der Waals surface area contributed by atoms with Gasteiger partial charge in [0.05, 0.1) is 16.2 Å². The van der Waals surface area contributed by atoms with Gasteiger partial charge in [-0.05, 0) is 36.9 Å². The number of benzene rings is 1. The lowest BCUT2D eigenvalue weighted by molar-refractivity contribution is 0.107. The van der Waals surface area contributed by atoms with Crippen molar-refractivity contribution in [3.63, 3.8) is 0 Å². The Kier molecular flexibility index (Phi) is 3.84. The van der Waals surface area contributed by atoms with Crippen LogP contribution < -0.4 is 5.73 Å². The summed E-state index contributed by atoms with van der Waals surface area (Å²) in [6, 6.07) is 7.43. The molecule has 4 nitrogen and oxygen atoms in total. The standard InChI is InChI=1S/C16H24N2O2S/c1-2-13-7-9-18(11-13)16(12-17)8-10-21(19,20)15-6-4-3-5-14(15)16/h3-6,13H,2,7-12,17H2,1H3. The summed E-state index contributed by atoms with van der Waals surface area (Å²) in [7, 11) is -3.15. The molecule has 116 valence electrons. The summed E-state index contributed by atoms with van der Waals surface area (Å²) in [5.74, 6) is 0.910. The predicted molar refractivity (Wildman–Crippen MR) is 83.8 cm³/mol. The number of hydrogen-bond donors (Lipinski definition) is 1. The molecule has 1 aromatic rings. The van der Waals surface area contributed by atoms with E-state index in [1.165, 1.54) is 12.8 Å². The molecule has 0 aliphatic carbocycles. The van der Waals surface area contributed by atoms with Crippen LogP contribution in [0.3, 0.4) is 0 Å². The van der Waals surface area contributed by atoms with Crippen molar-refractivity contribution in [2.75, 3.05) is 25.4 Å². The lowest BCUT2D eigenvalue weighted by Crippen LogP contribution is -2.53. The molecule has 0 aromatic heterocycles. The van der Waals surface area contributed by atoms with Crippen LogP contribution in [-0.2, 0) is 15.4 Å². The second kappa shape index (κ2) is 5.38. The maximum atomic E-state index is 12.4. The van der Waals surface area contributed by atoms with Crippen LogP contribution in [0.4, 0.5) is 0 Å². The highest BCUT2D eigenvalue weighted by molar-refractivity contribution is 7.91.